The molecule has 0 radical (unpaired) electrons. The summed E-state index contributed by atoms with van der Waals surface area (Å²) in [5.41, 5.74) is 0. The quantitative estimate of drug-likeness (QED) is 0.339. The van der Waals surface area contributed by atoms with Crippen LogP contribution in [0.3, 0.4) is 0 Å². The predicted octanol–water partition coefficient (Wildman–Crippen LogP) is -0.932. The second-order valence-electron chi connectivity index (χ2n) is 1.04. The van der Waals surface area contributed by atoms with Crippen LogP contribution in [0, 0.1) is 0 Å². The third-order valence-corrected chi connectivity index (χ3v) is 0.706. The molecule has 0 aliphatic heterocycles. The molecule has 1 atom stereocenters. The van der Waals surface area contributed by atoms with Crippen LogP contribution in [0.25, 0.3) is 0 Å². The van der Waals surface area contributed by atoms with Crippen LogP contribution in [-0.2, 0) is 0 Å². The minimum absolute atomic E-state index is 0.323. The summed E-state index contributed by atoms with van der Waals surface area (Å²) in [7, 11) is 2.32. The van der Waals surface area contributed by atoms with Crippen molar-refractivity contribution in [3.05, 3.63) is 0 Å². The lowest BCUT2D eigenvalue weighted by Gasteiger charge is -1.99. The molecule has 3 N–H and O–H groups in total. The standard InChI is InChI=1S/C3H9N2O2P/c6-1-4-3(7)5-2-8/h6H,1-2,8H2,(H2,4,5,7). The van der Waals surface area contributed by atoms with Crippen LogP contribution in [0.5, 0.6) is 0 Å². The Balaban J connectivity index is 3.06. The molecule has 5 heteroatoms. The van der Waals surface area contributed by atoms with Gasteiger partial charge in [0, 0.05) is 6.29 Å². The molecular formula is C3H9N2O2P. The van der Waals surface area contributed by atoms with Crippen LogP contribution in [0.15, 0.2) is 0 Å². The molecule has 0 saturated heterocycles. The third kappa shape index (κ3) is 3.84. The van der Waals surface area contributed by atoms with Crippen molar-refractivity contribution in [3.8, 4) is 0 Å². The first-order chi connectivity index (χ1) is 3.81. The number of amides is 2. The Morgan fingerprint density at radius 1 is 1.62 bits per heavy atom. The van der Waals surface area contributed by atoms with Gasteiger partial charge in [-0.25, -0.2) is 4.79 Å². The van der Waals surface area contributed by atoms with Gasteiger partial charge in [-0.15, -0.1) is 9.24 Å². The first-order valence-corrected chi connectivity index (χ1v) is 2.95. The maximum Gasteiger partial charge on any atom is 0.316 e. The summed E-state index contributed by atoms with van der Waals surface area (Å²) in [5.74, 6) is 0. The molecule has 0 saturated carbocycles. The molecule has 1 unspecified atom stereocenters. The van der Waals surface area contributed by atoms with Crippen molar-refractivity contribution in [2.45, 2.75) is 0 Å². The van der Waals surface area contributed by atoms with Crippen molar-refractivity contribution in [2.24, 2.45) is 0 Å². The number of hydrogen-bond acceptors (Lipinski definition) is 2. The van der Waals surface area contributed by atoms with Crippen molar-refractivity contribution in [3.63, 3.8) is 0 Å². The van der Waals surface area contributed by atoms with E-state index in [0.717, 1.165) is 0 Å². The van der Waals surface area contributed by atoms with Gasteiger partial charge in [0.15, 0.2) is 0 Å². The number of carbonyl (C=O) groups is 1. The van der Waals surface area contributed by atoms with E-state index in [0.29, 0.717) is 6.29 Å². The van der Waals surface area contributed by atoms with Gasteiger partial charge in [0.25, 0.3) is 0 Å². The largest absolute Gasteiger partial charge is 0.376 e. The average molecular weight is 136 g/mol. The lowest BCUT2D eigenvalue weighted by atomic mass is 10.9. The van der Waals surface area contributed by atoms with Gasteiger partial charge in [0.2, 0.25) is 0 Å². The summed E-state index contributed by atoms with van der Waals surface area (Å²) in [6.45, 7) is -0.323. The maximum absolute atomic E-state index is 10.2. The Bertz CT molecular complexity index is 69.7. The van der Waals surface area contributed by atoms with E-state index < -0.39 is 0 Å². The highest BCUT2D eigenvalue weighted by atomic mass is 31.0. The maximum atomic E-state index is 10.2. The number of urea groups is 1. The molecule has 48 valence electrons. The van der Waals surface area contributed by atoms with E-state index in [2.05, 4.69) is 19.9 Å². The topological polar surface area (TPSA) is 61.4 Å². The SMILES string of the molecule is O=C(NCO)NCP. The molecule has 0 aliphatic carbocycles. The van der Waals surface area contributed by atoms with Crippen molar-refractivity contribution in [1.82, 2.24) is 10.6 Å². The van der Waals surface area contributed by atoms with Gasteiger partial charge in [0.1, 0.15) is 6.73 Å². The fourth-order valence-corrected chi connectivity index (χ4v) is 0.412. The minimum Gasteiger partial charge on any atom is -0.376 e. The second-order valence-corrected chi connectivity index (χ2v) is 1.45. The van der Waals surface area contributed by atoms with Crippen LogP contribution in [0.2, 0.25) is 0 Å². The van der Waals surface area contributed by atoms with Crippen LogP contribution >= 0.6 is 9.24 Å². The normalized spacial score (nSPS) is 8.25. The van der Waals surface area contributed by atoms with E-state index in [1.807, 2.05) is 0 Å². The van der Waals surface area contributed by atoms with Crippen molar-refractivity contribution >= 4 is 15.3 Å². The molecule has 0 fully saturated rings. The number of nitrogens with one attached hydrogen (secondary N) is 2. The Hall–Kier alpha value is -0.340. The van der Waals surface area contributed by atoms with E-state index in [1.54, 1.807) is 0 Å². The van der Waals surface area contributed by atoms with Crippen LogP contribution in [0.4, 0.5) is 4.79 Å². The van der Waals surface area contributed by atoms with Gasteiger partial charge >= 0.3 is 6.03 Å². The van der Waals surface area contributed by atoms with Gasteiger partial charge < -0.3 is 15.7 Å². The highest BCUT2D eigenvalue weighted by Crippen LogP contribution is 1.71. The van der Waals surface area contributed by atoms with Gasteiger partial charge in [-0.05, 0) is 0 Å². The zero-order chi connectivity index (χ0) is 6.41. The summed E-state index contributed by atoms with van der Waals surface area (Å²) in [6.07, 6.45) is 0.492. The lowest BCUT2D eigenvalue weighted by Crippen LogP contribution is -2.34. The number of rotatable bonds is 2. The molecule has 0 aliphatic rings. The zero-order valence-corrected chi connectivity index (χ0v) is 5.50. The van der Waals surface area contributed by atoms with E-state index >= 15 is 0 Å². The Kier molecular flexibility index (Phi) is 4.61. The minimum atomic E-state index is -0.359. The summed E-state index contributed by atoms with van der Waals surface area (Å²) in [5, 5.41) is 12.6. The molecule has 0 rings (SSSR count). The highest BCUT2D eigenvalue weighted by molar-refractivity contribution is 7.16. The average Bonchev–Trinajstić information content (AvgIpc) is 1.68. The monoisotopic (exact) mass is 136 g/mol. The van der Waals surface area contributed by atoms with Crippen molar-refractivity contribution in [2.75, 3.05) is 13.0 Å². The Labute approximate surface area is 49.9 Å². The molecule has 8 heavy (non-hydrogen) atoms. The van der Waals surface area contributed by atoms with E-state index in [1.165, 1.54) is 0 Å². The zero-order valence-electron chi connectivity index (χ0n) is 4.35. The fourth-order valence-electron chi connectivity index (χ4n) is 0.227. The number of hydrogen-bond donors (Lipinski definition) is 3. The van der Waals surface area contributed by atoms with E-state index in [9.17, 15) is 4.79 Å². The van der Waals surface area contributed by atoms with Gasteiger partial charge in [-0.1, -0.05) is 0 Å². The second kappa shape index (κ2) is 4.81. The van der Waals surface area contributed by atoms with E-state index in [-0.39, 0.29) is 12.8 Å². The Morgan fingerprint density at radius 2 is 2.25 bits per heavy atom. The third-order valence-electron chi connectivity index (χ3n) is 0.502. The molecule has 0 aromatic carbocycles. The molecule has 2 amide bonds. The fraction of sp³-hybridized carbons (Fsp3) is 0.667. The first-order valence-electron chi connectivity index (χ1n) is 2.14. The smallest absolute Gasteiger partial charge is 0.316 e. The lowest BCUT2D eigenvalue weighted by molar-refractivity contribution is 0.219. The number of carbonyl (C=O) groups excluding carboxylic acids is 1. The first kappa shape index (κ1) is 7.66. The van der Waals surface area contributed by atoms with Crippen LogP contribution in [-0.4, -0.2) is 24.2 Å². The van der Waals surface area contributed by atoms with Crippen molar-refractivity contribution < 1.29 is 9.90 Å². The summed E-state index contributed by atoms with van der Waals surface area (Å²) < 4.78 is 0. The van der Waals surface area contributed by atoms with E-state index in [4.69, 9.17) is 5.11 Å². The van der Waals surface area contributed by atoms with Crippen LogP contribution < -0.4 is 10.6 Å². The van der Waals surface area contributed by atoms with Gasteiger partial charge in [-0.2, -0.15) is 0 Å². The summed E-state index contributed by atoms with van der Waals surface area (Å²) >= 11 is 0. The summed E-state index contributed by atoms with van der Waals surface area (Å²) in [6, 6.07) is -0.359. The molecule has 4 nitrogen and oxygen atoms in total. The molecular weight excluding hydrogens is 127 g/mol. The molecule has 0 aromatic rings. The van der Waals surface area contributed by atoms with Gasteiger partial charge in [0.05, 0.1) is 0 Å². The summed E-state index contributed by atoms with van der Waals surface area (Å²) in [4.78, 5) is 10.2. The predicted molar refractivity (Wildman–Crippen MR) is 33.3 cm³/mol. The Morgan fingerprint density at radius 3 is 2.62 bits per heavy atom. The molecule has 0 bridgehead atoms. The highest BCUT2D eigenvalue weighted by Gasteiger charge is 1.90. The molecule has 0 heterocycles. The molecule has 0 aromatic heterocycles. The number of aliphatic hydroxyl groups excluding tert-OH is 1. The molecule has 0 spiro atoms. The van der Waals surface area contributed by atoms with Gasteiger partial charge in [-0.3, -0.25) is 0 Å². The van der Waals surface area contributed by atoms with Crippen molar-refractivity contribution in [1.29, 1.82) is 0 Å². The number of aliphatic hydroxyl groups is 1. The van der Waals surface area contributed by atoms with Crippen LogP contribution in [0.1, 0.15) is 0 Å².